The van der Waals surface area contributed by atoms with E-state index >= 15 is 0 Å². The van der Waals surface area contributed by atoms with Crippen LogP contribution >= 0.6 is 0 Å². The maximum atomic E-state index is 4.19. The first-order chi connectivity index (χ1) is 8.78. The van der Waals surface area contributed by atoms with Crippen LogP contribution < -0.4 is 10.6 Å². The van der Waals surface area contributed by atoms with Gasteiger partial charge in [0.2, 0.25) is 0 Å². The Morgan fingerprint density at radius 1 is 1.11 bits per heavy atom. The van der Waals surface area contributed by atoms with Crippen molar-refractivity contribution in [1.82, 2.24) is 4.98 Å². The molecular formula is C15H19N3. The minimum atomic E-state index is 0.376. The van der Waals surface area contributed by atoms with Crippen LogP contribution in [0, 0.1) is 0 Å². The maximum absolute atomic E-state index is 4.19. The van der Waals surface area contributed by atoms with Gasteiger partial charge in [0.25, 0.3) is 0 Å². The molecule has 2 rings (SSSR count). The molecule has 1 atom stereocenters. The van der Waals surface area contributed by atoms with E-state index in [0.29, 0.717) is 6.04 Å². The van der Waals surface area contributed by atoms with Crippen molar-refractivity contribution in [2.75, 3.05) is 17.7 Å². The Kier molecular flexibility index (Phi) is 4.18. The predicted molar refractivity (Wildman–Crippen MR) is 77.0 cm³/mol. The van der Waals surface area contributed by atoms with E-state index in [1.54, 1.807) is 0 Å². The van der Waals surface area contributed by atoms with Crippen LogP contribution in [0.3, 0.4) is 0 Å². The first-order valence-electron chi connectivity index (χ1n) is 6.21. The molecule has 0 spiro atoms. The highest BCUT2D eigenvalue weighted by atomic mass is 14.9. The first kappa shape index (κ1) is 12.4. The standard InChI is InChI=1S/C15H19N3/c1-12(8-13-6-4-3-5-7-13)18-15-9-14(16-2)10-17-11-15/h3-7,9-12,16,18H,8H2,1-2H3. The zero-order chi connectivity index (χ0) is 12.8. The zero-order valence-electron chi connectivity index (χ0n) is 10.9. The minimum absolute atomic E-state index is 0.376. The number of rotatable bonds is 5. The Balaban J connectivity index is 1.96. The second-order valence-electron chi connectivity index (χ2n) is 4.45. The van der Waals surface area contributed by atoms with E-state index in [2.05, 4.69) is 52.9 Å². The number of benzene rings is 1. The van der Waals surface area contributed by atoms with Crippen LogP contribution in [-0.2, 0) is 6.42 Å². The Hall–Kier alpha value is -2.03. The van der Waals surface area contributed by atoms with Gasteiger partial charge in [-0.2, -0.15) is 0 Å². The molecule has 0 aliphatic carbocycles. The molecule has 2 N–H and O–H groups in total. The van der Waals surface area contributed by atoms with Crippen molar-refractivity contribution in [3.63, 3.8) is 0 Å². The average Bonchev–Trinajstić information content (AvgIpc) is 2.40. The van der Waals surface area contributed by atoms with E-state index in [4.69, 9.17) is 0 Å². The molecule has 1 heterocycles. The van der Waals surface area contributed by atoms with E-state index in [-0.39, 0.29) is 0 Å². The molecule has 0 fully saturated rings. The molecule has 0 aliphatic heterocycles. The highest BCUT2D eigenvalue weighted by Crippen LogP contribution is 2.14. The third-order valence-electron chi connectivity index (χ3n) is 2.82. The third kappa shape index (κ3) is 3.48. The second kappa shape index (κ2) is 6.05. The summed E-state index contributed by atoms with van der Waals surface area (Å²) in [7, 11) is 1.90. The van der Waals surface area contributed by atoms with Gasteiger partial charge in [0.05, 0.1) is 23.8 Å². The van der Waals surface area contributed by atoms with Crippen LogP contribution in [0.5, 0.6) is 0 Å². The van der Waals surface area contributed by atoms with E-state index in [0.717, 1.165) is 17.8 Å². The lowest BCUT2D eigenvalue weighted by Crippen LogP contribution is -2.18. The van der Waals surface area contributed by atoms with Gasteiger partial charge >= 0.3 is 0 Å². The average molecular weight is 241 g/mol. The summed E-state index contributed by atoms with van der Waals surface area (Å²) < 4.78 is 0. The molecule has 3 heteroatoms. The lowest BCUT2D eigenvalue weighted by Gasteiger charge is -2.15. The number of hydrogen-bond donors (Lipinski definition) is 2. The SMILES string of the molecule is CNc1cncc(NC(C)Cc2ccccc2)c1. The first-order valence-corrected chi connectivity index (χ1v) is 6.21. The molecular weight excluding hydrogens is 222 g/mol. The van der Waals surface area contributed by atoms with Crippen molar-refractivity contribution < 1.29 is 0 Å². The van der Waals surface area contributed by atoms with Crippen molar-refractivity contribution in [3.8, 4) is 0 Å². The normalized spacial score (nSPS) is 11.9. The number of anilines is 2. The van der Waals surface area contributed by atoms with Gasteiger partial charge < -0.3 is 10.6 Å². The molecule has 0 amide bonds. The number of hydrogen-bond acceptors (Lipinski definition) is 3. The number of nitrogens with zero attached hydrogens (tertiary/aromatic N) is 1. The molecule has 0 radical (unpaired) electrons. The lowest BCUT2D eigenvalue weighted by molar-refractivity contribution is 0.789. The summed E-state index contributed by atoms with van der Waals surface area (Å²) in [6, 6.07) is 12.9. The van der Waals surface area contributed by atoms with Gasteiger partial charge in [0, 0.05) is 13.1 Å². The minimum Gasteiger partial charge on any atom is -0.387 e. The third-order valence-corrected chi connectivity index (χ3v) is 2.82. The van der Waals surface area contributed by atoms with E-state index in [1.807, 2.05) is 25.5 Å². The summed E-state index contributed by atoms with van der Waals surface area (Å²) in [5, 5.41) is 6.55. The molecule has 94 valence electrons. The number of aromatic nitrogens is 1. The molecule has 0 aliphatic rings. The van der Waals surface area contributed by atoms with E-state index in [9.17, 15) is 0 Å². The second-order valence-corrected chi connectivity index (χ2v) is 4.45. The quantitative estimate of drug-likeness (QED) is 0.844. The Bertz CT molecular complexity index is 482. The van der Waals surface area contributed by atoms with Crippen LogP contribution in [-0.4, -0.2) is 18.1 Å². The van der Waals surface area contributed by atoms with Crippen LogP contribution in [0.2, 0.25) is 0 Å². The molecule has 1 aromatic carbocycles. The summed E-state index contributed by atoms with van der Waals surface area (Å²) in [6.45, 7) is 2.18. The van der Waals surface area contributed by atoms with Gasteiger partial charge in [0.15, 0.2) is 0 Å². The summed E-state index contributed by atoms with van der Waals surface area (Å²) in [4.78, 5) is 4.19. The number of pyridine rings is 1. The van der Waals surface area contributed by atoms with E-state index in [1.165, 1.54) is 5.56 Å². The van der Waals surface area contributed by atoms with Gasteiger partial charge in [-0.3, -0.25) is 4.98 Å². The van der Waals surface area contributed by atoms with Crippen molar-refractivity contribution in [3.05, 3.63) is 54.4 Å². The lowest BCUT2D eigenvalue weighted by atomic mass is 10.1. The fraction of sp³-hybridized carbons (Fsp3) is 0.267. The van der Waals surface area contributed by atoms with Crippen molar-refractivity contribution in [1.29, 1.82) is 0 Å². The summed E-state index contributed by atoms with van der Waals surface area (Å²) >= 11 is 0. The van der Waals surface area contributed by atoms with Crippen LogP contribution in [0.1, 0.15) is 12.5 Å². The van der Waals surface area contributed by atoms with Gasteiger partial charge in [-0.1, -0.05) is 30.3 Å². The Labute approximate surface area is 108 Å². The summed E-state index contributed by atoms with van der Waals surface area (Å²) in [5.74, 6) is 0. The molecule has 1 unspecified atom stereocenters. The molecule has 2 aromatic rings. The number of nitrogens with one attached hydrogen (secondary N) is 2. The molecule has 1 aromatic heterocycles. The highest BCUT2D eigenvalue weighted by Gasteiger charge is 2.04. The molecule has 18 heavy (non-hydrogen) atoms. The van der Waals surface area contributed by atoms with Crippen molar-refractivity contribution in [2.45, 2.75) is 19.4 Å². The molecule has 3 nitrogen and oxygen atoms in total. The van der Waals surface area contributed by atoms with Gasteiger partial charge in [-0.15, -0.1) is 0 Å². The molecule has 0 saturated carbocycles. The van der Waals surface area contributed by atoms with Gasteiger partial charge in [0.1, 0.15) is 0 Å². The largest absolute Gasteiger partial charge is 0.387 e. The topological polar surface area (TPSA) is 37.0 Å². The maximum Gasteiger partial charge on any atom is 0.0549 e. The predicted octanol–water partition coefficient (Wildman–Crippen LogP) is 3.17. The van der Waals surface area contributed by atoms with Gasteiger partial charge in [-0.05, 0) is 25.0 Å². The summed E-state index contributed by atoms with van der Waals surface area (Å²) in [5.41, 5.74) is 3.41. The van der Waals surface area contributed by atoms with Crippen LogP contribution in [0.15, 0.2) is 48.8 Å². The highest BCUT2D eigenvalue weighted by molar-refractivity contribution is 5.54. The smallest absolute Gasteiger partial charge is 0.0549 e. The van der Waals surface area contributed by atoms with Crippen LogP contribution in [0.4, 0.5) is 11.4 Å². The van der Waals surface area contributed by atoms with Crippen molar-refractivity contribution >= 4 is 11.4 Å². The fourth-order valence-electron chi connectivity index (χ4n) is 1.96. The Morgan fingerprint density at radius 2 is 1.83 bits per heavy atom. The van der Waals surface area contributed by atoms with E-state index < -0.39 is 0 Å². The fourth-order valence-corrected chi connectivity index (χ4v) is 1.96. The summed E-state index contributed by atoms with van der Waals surface area (Å²) in [6.07, 6.45) is 4.67. The molecule has 0 bridgehead atoms. The molecule has 0 saturated heterocycles. The van der Waals surface area contributed by atoms with Gasteiger partial charge in [-0.25, -0.2) is 0 Å². The van der Waals surface area contributed by atoms with Crippen molar-refractivity contribution in [2.24, 2.45) is 0 Å². The zero-order valence-corrected chi connectivity index (χ0v) is 10.9. The Morgan fingerprint density at radius 3 is 2.56 bits per heavy atom. The monoisotopic (exact) mass is 241 g/mol. The van der Waals surface area contributed by atoms with Crippen LogP contribution in [0.25, 0.3) is 0 Å².